The van der Waals surface area contributed by atoms with Crippen molar-refractivity contribution in [3.63, 3.8) is 0 Å². The van der Waals surface area contributed by atoms with Gasteiger partial charge in [-0.05, 0) is 37.1 Å². The first-order valence-electron chi connectivity index (χ1n) is 7.43. The third kappa shape index (κ3) is 3.74. The molecule has 0 aliphatic carbocycles. The number of carboxylic acid groups (broad SMARTS) is 1. The summed E-state index contributed by atoms with van der Waals surface area (Å²) in [7, 11) is -1.08. The molecule has 2 rings (SSSR count). The Morgan fingerprint density at radius 2 is 1.91 bits per heavy atom. The standard InChI is InChI=1S/C16H21NO4S/c1-11(2)22(21)14-7-5-12(6-8-14)15(18)17-9-3-4-13(10-17)16(19)20/h5-8,11,13H,3-4,9-10H2,1-2H3,(H,19,20). The molecule has 5 nitrogen and oxygen atoms in total. The van der Waals surface area contributed by atoms with E-state index in [9.17, 15) is 13.8 Å². The number of nitrogens with zero attached hydrogens (tertiary/aromatic N) is 1. The first kappa shape index (κ1) is 16.7. The number of hydrogen-bond donors (Lipinski definition) is 1. The number of amides is 1. The molecule has 1 aromatic rings. The van der Waals surface area contributed by atoms with Gasteiger partial charge in [0.25, 0.3) is 5.91 Å². The Kier molecular flexibility index (Phi) is 5.34. The highest BCUT2D eigenvalue weighted by atomic mass is 32.2. The second-order valence-electron chi connectivity index (χ2n) is 5.80. The summed E-state index contributed by atoms with van der Waals surface area (Å²) < 4.78 is 12.0. The van der Waals surface area contributed by atoms with Gasteiger partial charge in [-0.1, -0.05) is 13.8 Å². The van der Waals surface area contributed by atoms with Crippen LogP contribution in [0.25, 0.3) is 0 Å². The van der Waals surface area contributed by atoms with Gasteiger partial charge in [0.2, 0.25) is 0 Å². The summed E-state index contributed by atoms with van der Waals surface area (Å²) in [6.07, 6.45) is 1.32. The number of carbonyl (C=O) groups is 2. The molecule has 1 aliphatic heterocycles. The number of benzene rings is 1. The van der Waals surface area contributed by atoms with Gasteiger partial charge in [0, 0.05) is 28.8 Å². The monoisotopic (exact) mass is 323 g/mol. The van der Waals surface area contributed by atoms with E-state index in [1.54, 1.807) is 29.2 Å². The minimum atomic E-state index is -1.08. The lowest BCUT2D eigenvalue weighted by Gasteiger charge is -2.30. The first-order valence-corrected chi connectivity index (χ1v) is 8.64. The SMILES string of the molecule is CC(C)S(=O)c1ccc(C(=O)N2CCCC(C(=O)O)C2)cc1. The Morgan fingerprint density at radius 1 is 1.27 bits per heavy atom. The quantitative estimate of drug-likeness (QED) is 0.921. The summed E-state index contributed by atoms with van der Waals surface area (Å²) in [5.74, 6) is -1.49. The van der Waals surface area contributed by atoms with Gasteiger partial charge in [0.1, 0.15) is 0 Å². The molecule has 2 atom stereocenters. The molecule has 1 aromatic carbocycles. The van der Waals surface area contributed by atoms with Gasteiger partial charge in [-0.15, -0.1) is 0 Å². The molecule has 1 saturated heterocycles. The van der Waals surface area contributed by atoms with Crippen LogP contribution in [0, 0.1) is 5.92 Å². The van der Waals surface area contributed by atoms with Crippen LogP contribution in [0.1, 0.15) is 37.0 Å². The number of piperidine rings is 1. The number of rotatable bonds is 4. The van der Waals surface area contributed by atoms with E-state index in [0.29, 0.717) is 29.8 Å². The Labute approximate surface area is 132 Å². The highest BCUT2D eigenvalue weighted by Gasteiger charge is 2.28. The molecule has 0 bridgehead atoms. The van der Waals surface area contributed by atoms with Gasteiger partial charge >= 0.3 is 5.97 Å². The molecule has 120 valence electrons. The fourth-order valence-corrected chi connectivity index (χ4v) is 3.50. The maximum Gasteiger partial charge on any atom is 0.308 e. The molecule has 2 unspecified atom stereocenters. The highest BCUT2D eigenvalue weighted by Crippen LogP contribution is 2.20. The van der Waals surface area contributed by atoms with Crippen molar-refractivity contribution in [1.82, 2.24) is 4.90 Å². The Balaban J connectivity index is 2.09. The van der Waals surface area contributed by atoms with Gasteiger partial charge in [-0.3, -0.25) is 13.8 Å². The zero-order valence-corrected chi connectivity index (χ0v) is 13.6. The van der Waals surface area contributed by atoms with E-state index in [4.69, 9.17) is 5.11 Å². The zero-order chi connectivity index (χ0) is 16.3. The van der Waals surface area contributed by atoms with E-state index in [1.807, 2.05) is 13.8 Å². The molecular weight excluding hydrogens is 302 g/mol. The summed E-state index contributed by atoms with van der Waals surface area (Å²) in [5.41, 5.74) is 0.510. The van der Waals surface area contributed by atoms with E-state index >= 15 is 0 Å². The topological polar surface area (TPSA) is 74.7 Å². The normalized spacial score (nSPS) is 20.0. The summed E-state index contributed by atoms with van der Waals surface area (Å²) in [4.78, 5) is 25.8. The largest absolute Gasteiger partial charge is 0.481 e. The molecule has 1 heterocycles. The Hall–Kier alpha value is -1.69. The predicted octanol–water partition coefficient (Wildman–Crippen LogP) is 2.14. The molecule has 1 amide bonds. The Morgan fingerprint density at radius 3 is 2.45 bits per heavy atom. The molecule has 1 N–H and O–H groups in total. The number of carbonyl (C=O) groups excluding carboxylic acids is 1. The van der Waals surface area contributed by atoms with Crippen molar-refractivity contribution in [3.8, 4) is 0 Å². The van der Waals surface area contributed by atoms with Gasteiger partial charge in [0.15, 0.2) is 0 Å². The second-order valence-corrected chi connectivity index (χ2v) is 7.81. The van der Waals surface area contributed by atoms with Crippen molar-refractivity contribution < 1.29 is 18.9 Å². The number of aliphatic carboxylic acids is 1. The summed E-state index contributed by atoms with van der Waals surface area (Å²) >= 11 is 0. The molecule has 0 aromatic heterocycles. The smallest absolute Gasteiger partial charge is 0.308 e. The van der Waals surface area contributed by atoms with Crippen molar-refractivity contribution in [2.75, 3.05) is 13.1 Å². The van der Waals surface area contributed by atoms with E-state index in [-0.39, 0.29) is 17.7 Å². The van der Waals surface area contributed by atoms with Crippen molar-refractivity contribution in [3.05, 3.63) is 29.8 Å². The van der Waals surface area contributed by atoms with E-state index in [1.165, 1.54) is 0 Å². The minimum Gasteiger partial charge on any atom is -0.481 e. The van der Waals surface area contributed by atoms with Crippen LogP contribution >= 0.6 is 0 Å². The second kappa shape index (κ2) is 7.05. The van der Waals surface area contributed by atoms with Gasteiger partial charge in [-0.25, -0.2) is 0 Å². The number of likely N-dealkylation sites (tertiary alicyclic amines) is 1. The third-order valence-electron chi connectivity index (χ3n) is 3.82. The molecule has 1 fully saturated rings. The van der Waals surface area contributed by atoms with Crippen molar-refractivity contribution in [2.24, 2.45) is 5.92 Å². The fourth-order valence-electron chi connectivity index (χ4n) is 2.55. The van der Waals surface area contributed by atoms with Gasteiger partial charge < -0.3 is 10.0 Å². The molecular formula is C16H21NO4S. The minimum absolute atomic E-state index is 0.0278. The lowest BCUT2D eigenvalue weighted by Crippen LogP contribution is -2.42. The molecule has 0 spiro atoms. The highest BCUT2D eigenvalue weighted by molar-refractivity contribution is 7.85. The van der Waals surface area contributed by atoms with Crippen LogP contribution in [0.2, 0.25) is 0 Å². The van der Waals surface area contributed by atoms with Crippen molar-refractivity contribution in [2.45, 2.75) is 36.8 Å². The van der Waals surface area contributed by atoms with E-state index < -0.39 is 22.7 Å². The lowest BCUT2D eigenvalue weighted by atomic mass is 9.97. The molecule has 0 radical (unpaired) electrons. The van der Waals surface area contributed by atoms with Crippen LogP contribution in [-0.4, -0.2) is 44.4 Å². The summed E-state index contributed by atoms with van der Waals surface area (Å²) in [6, 6.07) is 6.76. The van der Waals surface area contributed by atoms with Crippen LogP contribution in [0.4, 0.5) is 0 Å². The van der Waals surface area contributed by atoms with Crippen LogP contribution in [0.5, 0.6) is 0 Å². The summed E-state index contributed by atoms with van der Waals surface area (Å²) in [6.45, 7) is 4.61. The van der Waals surface area contributed by atoms with Gasteiger partial charge in [-0.2, -0.15) is 0 Å². The van der Waals surface area contributed by atoms with Crippen LogP contribution < -0.4 is 0 Å². The van der Waals surface area contributed by atoms with Crippen molar-refractivity contribution >= 4 is 22.7 Å². The average Bonchev–Trinajstić information content (AvgIpc) is 2.53. The molecule has 6 heteroatoms. The van der Waals surface area contributed by atoms with Crippen molar-refractivity contribution in [1.29, 1.82) is 0 Å². The van der Waals surface area contributed by atoms with Crippen LogP contribution in [0.15, 0.2) is 29.2 Å². The van der Waals surface area contributed by atoms with Gasteiger partial charge in [0.05, 0.1) is 16.7 Å². The number of carboxylic acids is 1. The lowest BCUT2D eigenvalue weighted by molar-refractivity contribution is -0.143. The van der Waals surface area contributed by atoms with E-state index in [0.717, 1.165) is 0 Å². The van der Waals surface area contributed by atoms with E-state index in [2.05, 4.69) is 0 Å². The molecule has 22 heavy (non-hydrogen) atoms. The third-order valence-corrected chi connectivity index (χ3v) is 5.41. The predicted molar refractivity (Wildman–Crippen MR) is 84.2 cm³/mol. The average molecular weight is 323 g/mol. The Bertz CT molecular complexity index is 582. The number of hydrogen-bond acceptors (Lipinski definition) is 3. The zero-order valence-electron chi connectivity index (χ0n) is 12.8. The summed E-state index contributed by atoms with van der Waals surface area (Å²) in [5, 5.41) is 9.11. The molecule has 0 saturated carbocycles. The maximum atomic E-state index is 12.4. The fraction of sp³-hybridized carbons (Fsp3) is 0.500. The van der Waals surface area contributed by atoms with Crippen LogP contribution in [0.3, 0.4) is 0 Å². The first-order chi connectivity index (χ1) is 10.4. The molecule has 1 aliphatic rings. The maximum absolute atomic E-state index is 12.4. The van der Waals surface area contributed by atoms with Crippen LogP contribution in [-0.2, 0) is 15.6 Å².